The van der Waals surface area contributed by atoms with Crippen LogP contribution in [0.4, 0.5) is 0 Å². The molecule has 2 aliphatic heterocycles. The molecule has 0 aromatic heterocycles. The second-order valence-corrected chi connectivity index (χ2v) is 10.1. The van der Waals surface area contributed by atoms with Gasteiger partial charge >= 0.3 is 0 Å². The highest BCUT2D eigenvalue weighted by molar-refractivity contribution is 7.82. The highest BCUT2D eigenvalue weighted by Gasteiger charge is 2.44. The van der Waals surface area contributed by atoms with Crippen LogP contribution in [0.25, 0.3) is 0 Å². The Kier molecular flexibility index (Phi) is 7.46. The van der Waals surface area contributed by atoms with Crippen molar-refractivity contribution in [3.63, 3.8) is 0 Å². The van der Waals surface area contributed by atoms with Crippen LogP contribution in [0.3, 0.4) is 0 Å². The Balaban J connectivity index is 1.64. The molecule has 1 atom stereocenters. The van der Waals surface area contributed by atoms with Crippen molar-refractivity contribution in [2.45, 2.75) is 45.4 Å². The van der Waals surface area contributed by atoms with Gasteiger partial charge < -0.3 is 4.90 Å². The van der Waals surface area contributed by atoms with Crippen LogP contribution in [0.1, 0.15) is 53.9 Å². The number of carbonyl (C=O) groups excluding carboxylic acids is 2. The van der Waals surface area contributed by atoms with Gasteiger partial charge in [-0.1, -0.05) is 12.1 Å². The number of carbonyl (C=O) groups is 2. The molecule has 2 aliphatic rings. The summed E-state index contributed by atoms with van der Waals surface area (Å²) in [4.78, 5) is 25.0. The zero-order chi connectivity index (χ0) is 22.6. The van der Waals surface area contributed by atoms with Crippen molar-refractivity contribution in [1.29, 1.82) is 5.26 Å². The van der Waals surface area contributed by atoms with E-state index in [-0.39, 0.29) is 5.75 Å². The number of piperidine rings is 2. The molecule has 0 spiro atoms. The average Bonchev–Trinajstić information content (AvgIpc) is 2.78. The van der Waals surface area contributed by atoms with E-state index < -0.39 is 22.3 Å². The summed E-state index contributed by atoms with van der Waals surface area (Å²) in [6.07, 6.45) is 3.23. The first-order valence-corrected chi connectivity index (χ1v) is 11.9. The Labute approximate surface area is 185 Å². The molecule has 1 aromatic rings. The fourth-order valence-corrected chi connectivity index (χ4v) is 6.44. The van der Waals surface area contributed by atoms with Crippen molar-refractivity contribution in [1.82, 2.24) is 14.7 Å². The van der Waals surface area contributed by atoms with E-state index >= 15 is 0 Å². The van der Waals surface area contributed by atoms with Crippen molar-refractivity contribution >= 4 is 23.3 Å². The maximum absolute atomic E-state index is 13.1. The number of rotatable bonds is 6. The predicted molar refractivity (Wildman–Crippen MR) is 116 cm³/mol. The lowest BCUT2D eigenvalue weighted by Crippen LogP contribution is -2.52. The molecule has 0 radical (unpaired) electrons. The van der Waals surface area contributed by atoms with E-state index in [9.17, 15) is 24.3 Å². The highest BCUT2D eigenvalue weighted by atomic mass is 32.2. The summed E-state index contributed by atoms with van der Waals surface area (Å²) < 4.78 is 15.0. The summed E-state index contributed by atoms with van der Waals surface area (Å²) in [5, 5.41) is 18.5. The van der Waals surface area contributed by atoms with Gasteiger partial charge in [0.2, 0.25) is 6.41 Å². The summed E-state index contributed by atoms with van der Waals surface area (Å²) in [6.45, 7) is 6.06. The molecule has 0 saturated carbocycles. The van der Waals surface area contributed by atoms with E-state index in [1.165, 1.54) is 5.56 Å². The van der Waals surface area contributed by atoms with Crippen molar-refractivity contribution in [3.05, 3.63) is 34.4 Å². The van der Waals surface area contributed by atoms with E-state index in [0.29, 0.717) is 44.9 Å². The molecule has 31 heavy (non-hydrogen) atoms. The van der Waals surface area contributed by atoms with Gasteiger partial charge in [-0.25, -0.2) is 14.0 Å². The zero-order valence-corrected chi connectivity index (χ0v) is 18.9. The molecular weight excluding hydrogens is 416 g/mol. The quantitative estimate of drug-likeness (QED) is 0.393. The first kappa shape index (κ1) is 23.4. The number of nitrogens with zero attached hydrogens (tertiary/aromatic N) is 3. The van der Waals surface area contributed by atoms with Crippen molar-refractivity contribution in [3.8, 4) is 6.07 Å². The topological polar surface area (TPSA) is 114 Å². The van der Waals surface area contributed by atoms with Crippen LogP contribution in [-0.2, 0) is 20.6 Å². The van der Waals surface area contributed by atoms with Crippen molar-refractivity contribution < 1.29 is 19.0 Å². The number of nitrogens with one attached hydrogen (secondary N) is 1. The fourth-order valence-electron chi connectivity index (χ4n) is 4.74. The van der Waals surface area contributed by atoms with Gasteiger partial charge in [0.05, 0.1) is 33.8 Å². The molecule has 2 N–H and O–H groups in total. The molecular formula is C22H30N4O4S. The Hall–Kier alpha value is -2.28. The summed E-state index contributed by atoms with van der Waals surface area (Å²) in [5.74, 6) is -0.0278. The number of hydrogen-bond donors (Lipinski definition) is 2. The van der Waals surface area contributed by atoms with Crippen molar-refractivity contribution in [2.24, 2.45) is 5.41 Å². The fraction of sp³-hybridized carbons (Fsp3) is 0.591. The largest absolute Gasteiger partial charge is 0.345 e. The molecule has 8 nitrogen and oxygen atoms in total. The van der Waals surface area contributed by atoms with Gasteiger partial charge in [0.1, 0.15) is 0 Å². The first-order valence-electron chi connectivity index (χ1n) is 10.6. The van der Waals surface area contributed by atoms with Crippen LogP contribution in [0, 0.1) is 30.6 Å². The molecule has 168 valence electrons. The van der Waals surface area contributed by atoms with Gasteiger partial charge in [0, 0.05) is 26.2 Å². The lowest BCUT2D eigenvalue weighted by Gasteiger charge is -2.40. The smallest absolute Gasteiger partial charge is 0.250 e. The minimum Gasteiger partial charge on any atom is -0.345 e. The van der Waals surface area contributed by atoms with E-state index in [2.05, 4.69) is 18.2 Å². The molecule has 2 amide bonds. The molecule has 0 bridgehead atoms. The Morgan fingerprint density at radius 3 is 2.32 bits per heavy atom. The normalized spacial score (nSPS) is 20.6. The minimum absolute atomic E-state index is 0.145. The lowest BCUT2D eigenvalue weighted by atomic mass is 9.79. The molecule has 0 aliphatic carbocycles. The summed E-state index contributed by atoms with van der Waals surface area (Å²) in [7, 11) is -1.35. The van der Waals surface area contributed by atoms with E-state index in [1.807, 2.05) is 18.2 Å². The third-order valence-corrected chi connectivity index (χ3v) is 8.51. The number of hydroxylamine groups is 1. The number of hydrogen-bond acceptors (Lipinski definition) is 5. The Morgan fingerprint density at radius 2 is 1.84 bits per heavy atom. The molecule has 1 unspecified atom stereocenters. The molecule has 2 heterocycles. The molecule has 3 rings (SSSR count). The second kappa shape index (κ2) is 9.90. The van der Waals surface area contributed by atoms with Gasteiger partial charge in [0.25, 0.3) is 5.91 Å². The zero-order valence-electron chi connectivity index (χ0n) is 18.1. The second-order valence-electron chi connectivity index (χ2n) is 8.67. The third kappa shape index (κ3) is 4.97. The van der Waals surface area contributed by atoms with Crippen LogP contribution >= 0.6 is 0 Å². The van der Waals surface area contributed by atoms with Crippen LogP contribution in [0.5, 0.6) is 0 Å². The molecule has 9 heteroatoms. The van der Waals surface area contributed by atoms with Gasteiger partial charge in [-0.15, -0.1) is 0 Å². The van der Waals surface area contributed by atoms with Crippen molar-refractivity contribution in [2.75, 3.05) is 31.9 Å². The number of benzene rings is 1. The Bertz CT molecular complexity index is 874. The summed E-state index contributed by atoms with van der Waals surface area (Å²) in [5.41, 5.74) is 4.74. The van der Waals surface area contributed by atoms with Crippen LogP contribution < -0.4 is 5.48 Å². The monoisotopic (exact) mass is 446 g/mol. The van der Waals surface area contributed by atoms with Gasteiger partial charge in [0.15, 0.2) is 0 Å². The maximum atomic E-state index is 13.1. The number of amides is 2. The standard InChI is InChI=1S/C22H30N4O4S/c1-16-11-19(12-17(2)20(16)13-23)18-3-7-26(8-4-18)31(30)14-22(21(28)24-29)5-9-25(15-27)10-6-22/h11-12,15,18,29H,3-10,14H2,1-2H3,(H,24,28). The van der Waals surface area contributed by atoms with Crippen LogP contribution in [-0.4, -0.2) is 62.9 Å². The van der Waals surface area contributed by atoms with Crippen LogP contribution in [0.15, 0.2) is 12.1 Å². The number of aryl methyl sites for hydroxylation is 2. The SMILES string of the molecule is Cc1cc(C2CCN(S(=O)CC3(C(=O)NO)CCN(C=O)CC3)CC2)cc(C)c1C#N. The number of nitriles is 1. The highest BCUT2D eigenvalue weighted by Crippen LogP contribution is 2.35. The van der Waals surface area contributed by atoms with Gasteiger partial charge in [-0.3, -0.25) is 14.8 Å². The van der Waals surface area contributed by atoms with E-state index in [0.717, 1.165) is 35.9 Å². The Morgan fingerprint density at radius 1 is 1.26 bits per heavy atom. The maximum Gasteiger partial charge on any atom is 0.250 e. The molecule has 2 fully saturated rings. The van der Waals surface area contributed by atoms with Gasteiger partial charge in [-0.2, -0.15) is 5.26 Å². The minimum atomic E-state index is -1.35. The third-order valence-electron chi connectivity index (χ3n) is 6.77. The van der Waals surface area contributed by atoms with E-state index in [4.69, 9.17) is 0 Å². The lowest BCUT2D eigenvalue weighted by molar-refractivity contribution is -0.142. The summed E-state index contributed by atoms with van der Waals surface area (Å²) in [6, 6.07) is 6.43. The first-order chi connectivity index (χ1) is 14.8. The molecule has 2 saturated heterocycles. The average molecular weight is 447 g/mol. The number of likely N-dealkylation sites (tertiary alicyclic amines) is 1. The van der Waals surface area contributed by atoms with E-state index in [1.54, 1.807) is 10.4 Å². The summed E-state index contributed by atoms with van der Waals surface area (Å²) >= 11 is 0. The predicted octanol–water partition coefficient (Wildman–Crippen LogP) is 1.76. The van der Waals surface area contributed by atoms with Gasteiger partial charge in [-0.05, 0) is 62.1 Å². The molecule has 1 aromatic carbocycles. The van der Waals surface area contributed by atoms with Crippen LogP contribution in [0.2, 0.25) is 0 Å².